The monoisotopic (exact) mass is 408 g/mol. The average molecular weight is 409 g/mol. The van der Waals surface area contributed by atoms with E-state index in [4.69, 9.17) is 0 Å². The number of amides is 1. The van der Waals surface area contributed by atoms with E-state index in [2.05, 4.69) is 12.2 Å². The van der Waals surface area contributed by atoms with Gasteiger partial charge in [0.25, 0.3) is 5.91 Å². The second kappa shape index (κ2) is 8.13. The van der Waals surface area contributed by atoms with Gasteiger partial charge in [-0.25, -0.2) is 8.42 Å². The highest BCUT2D eigenvalue weighted by Crippen LogP contribution is 2.32. The highest BCUT2D eigenvalue weighted by Gasteiger charge is 2.34. The molecule has 0 aromatic heterocycles. The molecule has 6 nitrogen and oxygen atoms in total. The molecule has 156 valence electrons. The number of nitrogens with zero attached hydrogens (tertiary/aromatic N) is 1. The maximum atomic E-state index is 13.3. The number of aryl methyl sites for hydroxylation is 2. The first-order valence-electron chi connectivity index (χ1n) is 10.3. The Kier molecular flexibility index (Phi) is 6.17. The fourth-order valence-corrected chi connectivity index (χ4v) is 6.18. The van der Waals surface area contributed by atoms with Crippen molar-refractivity contribution in [3.8, 4) is 0 Å². The molecular formula is C21H34N3O3S+. The van der Waals surface area contributed by atoms with Crippen molar-refractivity contribution in [2.24, 2.45) is 5.92 Å². The van der Waals surface area contributed by atoms with Gasteiger partial charge >= 0.3 is 0 Å². The fourth-order valence-electron chi connectivity index (χ4n) is 4.16. The summed E-state index contributed by atoms with van der Waals surface area (Å²) in [4.78, 5) is 13.9. The van der Waals surface area contributed by atoms with E-state index in [0.29, 0.717) is 43.5 Å². The van der Waals surface area contributed by atoms with Crippen LogP contribution in [0.2, 0.25) is 0 Å². The molecule has 0 radical (unpaired) electrons. The Morgan fingerprint density at radius 3 is 2.18 bits per heavy atom. The molecule has 7 heteroatoms. The molecule has 1 amide bonds. The van der Waals surface area contributed by atoms with Crippen LogP contribution in [0.1, 0.15) is 42.0 Å². The third kappa shape index (κ3) is 4.42. The number of carbonyl (C=O) groups excluding carboxylic acids is 1. The molecule has 2 N–H and O–H groups in total. The van der Waals surface area contributed by atoms with E-state index in [9.17, 15) is 13.2 Å². The molecule has 1 aromatic rings. The summed E-state index contributed by atoms with van der Waals surface area (Å²) < 4.78 is 28.2. The van der Waals surface area contributed by atoms with Crippen molar-refractivity contribution < 1.29 is 18.1 Å². The van der Waals surface area contributed by atoms with E-state index in [1.807, 2.05) is 33.8 Å². The number of rotatable bonds is 6. The molecule has 1 saturated heterocycles. The molecule has 3 rings (SSSR count). The van der Waals surface area contributed by atoms with E-state index in [1.54, 1.807) is 4.31 Å². The second-order valence-electron chi connectivity index (χ2n) is 8.61. The van der Waals surface area contributed by atoms with Gasteiger partial charge in [0.05, 0.1) is 31.1 Å². The van der Waals surface area contributed by atoms with Gasteiger partial charge in [0.1, 0.15) is 0 Å². The molecule has 1 atom stereocenters. The van der Waals surface area contributed by atoms with Gasteiger partial charge in [-0.2, -0.15) is 4.31 Å². The molecule has 1 saturated carbocycles. The first kappa shape index (κ1) is 21.3. The van der Waals surface area contributed by atoms with Crippen molar-refractivity contribution in [1.82, 2.24) is 9.62 Å². The molecule has 1 aromatic carbocycles. The lowest BCUT2D eigenvalue weighted by Crippen LogP contribution is -3.15. The lowest BCUT2D eigenvalue weighted by molar-refractivity contribution is -0.895. The van der Waals surface area contributed by atoms with Crippen LogP contribution in [0.3, 0.4) is 0 Å². The van der Waals surface area contributed by atoms with Crippen LogP contribution in [0.5, 0.6) is 0 Å². The van der Waals surface area contributed by atoms with Crippen LogP contribution in [0.4, 0.5) is 0 Å². The predicted octanol–water partition coefficient (Wildman–Crippen LogP) is 0.724. The second-order valence-corrected chi connectivity index (χ2v) is 10.5. The van der Waals surface area contributed by atoms with E-state index in [-0.39, 0.29) is 11.9 Å². The number of sulfonamides is 1. The highest BCUT2D eigenvalue weighted by molar-refractivity contribution is 7.89. The molecule has 0 bridgehead atoms. The van der Waals surface area contributed by atoms with Crippen LogP contribution in [0.15, 0.2) is 11.0 Å². The summed E-state index contributed by atoms with van der Waals surface area (Å²) in [5.74, 6) is 0.719. The van der Waals surface area contributed by atoms with Gasteiger partial charge in [-0.1, -0.05) is 6.07 Å². The van der Waals surface area contributed by atoms with Gasteiger partial charge in [-0.05, 0) is 75.6 Å². The predicted molar refractivity (Wildman–Crippen MR) is 110 cm³/mol. The fraction of sp³-hybridized carbons (Fsp3) is 0.667. The molecule has 2 fully saturated rings. The quantitative estimate of drug-likeness (QED) is 0.729. The van der Waals surface area contributed by atoms with E-state index >= 15 is 0 Å². The minimum Gasteiger partial charge on any atom is -0.348 e. The van der Waals surface area contributed by atoms with Crippen molar-refractivity contribution in [3.63, 3.8) is 0 Å². The molecule has 1 aliphatic heterocycles. The number of benzene rings is 1. The Labute approximate surface area is 169 Å². The summed E-state index contributed by atoms with van der Waals surface area (Å²) in [6, 6.07) is 2.30. The molecule has 1 heterocycles. The molecule has 28 heavy (non-hydrogen) atoms. The lowest BCUT2D eigenvalue weighted by atomic mass is 10.0. The zero-order valence-corrected chi connectivity index (χ0v) is 18.6. The topological polar surface area (TPSA) is 70.9 Å². The van der Waals surface area contributed by atoms with E-state index in [0.717, 1.165) is 27.2 Å². The van der Waals surface area contributed by atoms with Gasteiger partial charge in [0, 0.05) is 6.04 Å². The van der Waals surface area contributed by atoms with Crippen molar-refractivity contribution in [1.29, 1.82) is 0 Å². The summed E-state index contributed by atoms with van der Waals surface area (Å²) in [6.45, 7) is 12.4. The number of hydrogen-bond donors (Lipinski definition) is 2. The van der Waals surface area contributed by atoms with Crippen LogP contribution in [-0.2, 0) is 14.8 Å². The minimum absolute atomic E-state index is 0.0757. The number of hydrogen-bond acceptors (Lipinski definition) is 3. The largest absolute Gasteiger partial charge is 0.348 e. The van der Waals surface area contributed by atoms with Crippen LogP contribution < -0.4 is 10.2 Å². The molecule has 0 unspecified atom stereocenters. The number of quaternary nitrogens is 1. The number of piperazine rings is 1. The Hall–Kier alpha value is -1.44. The Bertz CT molecular complexity index is 828. The zero-order chi connectivity index (χ0) is 20.6. The maximum absolute atomic E-state index is 13.3. The lowest BCUT2D eigenvalue weighted by Gasteiger charge is -2.32. The van der Waals surface area contributed by atoms with Crippen molar-refractivity contribution in [2.45, 2.75) is 58.4 Å². The number of nitrogens with one attached hydrogen (secondary N) is 2. The standard InChI is InChI=1S/C21H33N3O3S/c1-14-12-15(2)17(4)21(16(14)3)28(26,27)24-10-8-23(9-11-24)13-20(25)22-18(5)19-6-7-19/h12,18-19H,6-11,13H2,1-5H3,(H,22,25)/p+1/t18-/m0/s1. The Morgan fingerprint density at radius 1 is 1.14 bits per heavy atom. The van der Waals surface area contributed by atoms with Crippen molar-refractivity contribution in [2.75, 3.05) is 32.7 Å². The summed E-state index contributed by atoms with van der Waals surface area (Å²) >= 11 is 0. The maximum Gasteiger partial charge on any atom is 0.275 e. The van der Waals surface area contributed by atoms with Gasteiger partial charge in [-0.15, -0.1) is 0 Å². The first-order valence-corrected chi connectivity index (χ1v) is 11.8. The van der Waals surface area contributed by atoms with Gasteiger partial charge < -0.3 is 10.2 Å². The molecular weight excluding hydrogens is 374 g/mol. The minimum atomic E-state index is -3.52. The Balaban J connectivity index is 1.63. The highest BCUT2D eigenvalue weighted by atomic mass is 32.2. The van der Waals surface area contributed by atoms with Gasteiger partial charge in [0.15, 0.2) is 6.54 Å². The van der Waals surface area contributed by atoms with Gasteiger partial charge in [0.2, 0.25) is 10.0 Å². The number of carbonyl (C=O) groups is 1. The van der Waals surface area contributed by atoms with Crippen LogP contribution >= 0.6 is 0 Å². The molecule has 0 spiro atoms. The normalized spacial score (nSPS) is 20.2. The van der Waals surface area contributed by atoms with Crippen LogP contribution in [-0.4, -0.2) is 57.4 Å². The van der Waals surface area contributed by atoms with Crippen LogP contribution in [0, 0.1) is 33.6 Å². The average Bonchev–Trinajstić information content (AvgIpc) is 3.45. The summed E-state index contributed by atoms with van der Waals surface area (Å²) in [5.41, 5.74) is 3.69. The Morgan fingerprint density at radius 2 is 1.68 bits per heavy atom. The first-order chi connectivity index (χ1) is 13.1. The SMILES string of the molecule is Cc1cc(C)c(C)c(S(=O)(=O)N2CC[NH+](CC(=O)N[C@@H](C)C3CC3)CC2)c1C. The van der Waals surface area contributed by atoms with E-state index < -0.39 is 10.0 Å². The summed E-state index contributed by atoms with van der Waals surface area (Å²) in [6.07, 6.45) is 2.42. The van der Waals surface area contributed by atoms with E-state index in [1.165, 1.54) is 12.8 Å². The smallest absolute Gasteiger partial charge is 0.275 e. The van der Waals surface area contributed by atoms with Crippen molar-refractivity contribution in [3.05, 3.63) is 28.3 Å². The van der Waals surface area contributed by atoms with Crippen LogP contribution in [0.25, 0.3) is 0 Å². The zero-order valence-electron chi connectivity index (χ0n) is 17.8. The molecule has 1 aliphatic carbocycles. The third-order valence-electron chi connectivity index (χ3n) is 6.45. The summed E-state index contributed by atoms with van der Waals surface area (Å²) in [5, 5.41) is 3.09. The van der Waals surface area contributed by atoms with Crippen molar-refractivity contribution >= 4 is 15.9 Å². The molecule has 2 aliphatic rings. The summed E-state index contributed by atoms with van der Waals surface area (Å²) in [7, 11) is -3.52. The van der Waals surface area contributed by atoms with Gasteiger partial charge in [-0.3, -0.25) is 4.79 Å². The third-order valence-corrected chi connectivity index (χ3v) is 8.63.